The van der Waals surface area contributed by atoms with Gasteiger partial charge in [0.1, 0.15) is 5.82 Å². The first-order valence-electron chi connectivity index (χ1n) is 6.85. The van der Waals surface area contributed by atoms with Gasteiger partial charge in [0, 0.05) is 12.6 Å². The normalized spacial score (nSPS) is 23.3. The fourth-order valence-electron chi connectivity index (χ4n) is 2.79. The van der Waals surface area contributed by atoms with Gasteiger partial charge in [-0.2, -0.15) is 0 Å². The molecule has 3 N–H and O–H groups in total. The minimum absolute atomic E-state index is 0.0948. The van der Waals surface area contributed by atoms with Crippen molar-refractivity contribution in [1.82, 2.24) is 5.32 Å². The zero-order chi connectivity index (χ0) is 13.8. The molecule has 0 bridgehead atoms. The van der Waals surface area contributed by atoms with Crippen LogP contribution in [0.25, 0.3) is 0 Å². The number of primary amides is 1. The van der Waals surface area contributed by atoms with Gasteiger partial charge in [-0.1, -0.05) is 18.9 Å². The van der Waals surface area contributed by atoms with Gasteiger partial charge in [0.2, 0.25) is 5.91 Å². The number of carbonyl (C=O) groups excluding carboxylic acids is 1. The lowest BCUT2D eigenvalue weighted by Gasteiger charge is -2.30. The summed E-state index contributed by atoms with van der Waals surface area (Å²) in [5, 5.41) is 3.37. The number of benzene rings is 1. The molecule has 2 rings (SSSR count). The van der Waals surface area contributed by atoms with Crippen molar-refractivity contribution >= 4 is 5.91 Å². The van der Waals surface area contributed by atoms with Crippen molar-refractivity contribution < 1.29 is 9.18 Å². The number of nitrogens with one attached hydrogen (secondary N) is 1. The highest BCUT2D eigenvalue weighted by atomic mass is 19.1. The second-order valence-corrected chi connectivity index (χ2v) is 5.35. The third-order valence-electron chi connectivity index (χ3n) is 4.00. The van der Waals surface area contributed by atoms with Gasteiger partial charge in [0.05, 0.1) is 5.92 Å². The molecular weight excluding hydrogens is 243 g/mol. The van der Waals surface area contributed by atoms with Crippen LogP contribution in [0, 0.1) is 18.7 Å². The van der Waals surface area contributed by atoms with E-state index in [9.17, 15) is 9.18 Å². The van der Waals surface area contributed by atoms with E-state index in [1.54, 1.807) is 12.1 Å². The summed E-state index contributed by atoms with van der Waals surface area (Å²) in [6, 6.07) is 4.91. The molecule has 0 heterocycles. The van der Waals surface area contributed by atoms with Gasteiger partial charge in [-0.25, -0.2) is 4.39 Å². The summed E-state index contributed by atoms with van der Waals surface area (Å²) in [6.07, 6.45) is 3.99. The average Bonchev–Trinajstić information content (AvgIpc) is 2.40. The lowest BCUT2D eigenvalue weighted by atomic mass is 9.84. The largest absolute Gasteiger partial charge is 0.369 e. The molecule has 0 unspecified atom stereocenters. The maximum atomic E-state index is 13.2. The lowest BCUT2D eigenvalue weighted by Crippen LogP contribution is -2.44. The summed E-state index contributed by atoms with van der Waals surface area (Å²) >= 11 is 0. The van der Waals surface area contributed by atoms with E-state index in [1.165, 1.54) is 6.07 Å². The number of halogens is 1. The standard InChI is InChI=1S/C15H21FN2O/c1-10-6-7-12(16)8-11(10)9-18-14-5-3-2-4-13(14)15(17)19/h6-8,13-14,18H,2-5,9H2,1H3,(H2,17,19)/t13-,14-/m1/s1. The van der Waals surface area contributed by atoms with Crippen molar-refractivity contribution in [3.05, 3.63) is 35.1 Å². The number of amides is 1. The number of hydrogen-bond donors (Lipinski definition) is 2. The van der Waals surface area contributed by atoms with Gasteiger partial charge in [-0.15, -0.1) is 0 Å². The van der Waals surface area contributed by atoms with E-state index in [2.05, 4.69) is 5.32 Å². The Morgan fingerprint density at radius 2 is 2.16 bits per heavy atom. The SMILES string of the molecule is Cc1ccc(F)cc1CN[C@@H]1CCCC[C@H]1C(N)=O. The lowest BCUT2D eigenvalue weighted by molar-refractivity contribution is -0.123. The topological polar surface area (TPSA) is 55.1 Å². The first-order valence-corrected chi connectivity index (χ1v) is 6.85. The van der Waals surface area contributed by atoms with Crippen LogP contribution in [0.5, 0.6) is 0 Å². The Morgan fingerprint density at radius 1 is 1.42 bits per heavy atom. The fourth-order valence-corrected chi connectivity index (χ4v) is 2.79. The monoisotopic (exact) mass is 264 g/mol. The van der Waals surface area contributed by atoms with E-state index in [0.717, 1.165) is 36.8 Å². The van der Waals surface area contributed by atoms with Crippen molar-refractivity contribution in [3.8, 4) is 0 Å². The highest BCUT2D eigenvalue weighted by Gasteiger charge is 2.28. The first-order chi connectivity index (χ1) is 9.08. The highest BCUT2D eigenvalue weighted by Crippen LogP contribution is 2.24. The molecule has 0 aromatic heterocycles. The third-order valence-corrected chi connectivity index (χ3v) is 4.00. The minimum atomic E-state index is -0.229. The predicted molar refractivity (Wildman–Crippen MR) is 72.9 cm³/mol. The molecule has 1 aliphatic rings. The molecule has 1 amide bonds. The van der Waals surface area contributed by atoms with Crippen LogP contribution in [-0.2, 0) is 11.3 Å². The van der Waals surface area contributed by atoms with Crippen molar-refractivity contribution in [1.29, 1.82) is 0 Å². The Balaban J connectivity index is 2.00. The van der Waals surface area contributed by atoms with Crippen molar-refractivity contribution in [2.45, 2.75) is 45.2 Å². The van der Waals surface area contributed by atoms with E-state index in [0.29, 0.717) is 6.54 Å². The molecular formula is C15H21FN2O. The zero-order valence-electron chi connectivity index (χ0n) is 11.3. The maximum absolute atomic E-state index is 13.2. The van der Waals surface area contributed by atoms with Crippen LogP contribution in [0.3, 0.4) is 0 Å². The molecule has 19 heavy (non-hydrogen) atoms. The molecule has 1 fully saturated rings. The van der Waals surface area contributed by atoms with Gasteiger partial charge in [0.25, 0.3) is 0 Å². The van der Waals surface area contributed by atoms with E-state index in [1.807, 2.05) is 6.92 Å². The van der Waals surface area contributed by atoms with Crippen LogP contribution in [0.2, 0.25) is 0 Å². The molecule has 0 spiro atoms. The quantitative estimate of drug-likeness (QED) is 0.876. The number of carbonyl (C=O) groups is 1. The Kier molecular flexibility index (Phi) is 4.53. The van der Waals surface area contributed by atoms with Crippen LogP contribution in [0.15, 0.2) is 18.2 Å². The van der Waals surface area contributed by atoms with Crippen molar-refractivity contribution in [2.75, 3.05) is 0 Å². The van der Waals surface area contributed by atoms with E-state index < -0.39 is 0 Å². The van der Waals surface area contributed by atoms with Crippen molar-refractivity contribution in [2.24, 2.45) is 11.7 Å². The van der Waals surface area contributed by atoms with E-state index in [4.69, 9.17) is 5.73 Å². The van der Waals surface area contributed by atoms with Crippen LogP contribution in [0.4, 0.5) is 4.39 Å². The number of rotatable bonds is 4. The molecule has 2 atom stereocenters. The van der Waals surface area contributed by atoms with Gasteiger partial charge < -0.3 is 11.1 Å². The molecule has 0 aliphatic heterocycles. The zero-order valence-corrected chi connectivity index (χ0v) is 11.3. The van der Waals surface area contributed by atoms with Crippen LogP contribution >= 0.6 is 0 Å². The van der Waals surface area contributed by atoms with Gasteiger partial charge >= 0.3 is 0 Å². The van der Waals surface area contributed by atoms with E-state index in [-0.39, 0.29) is 23.7 Å². The minimum Gasteiger partial charge on any atom is -0.369 e. The summed E-state index contributed by atoms with van der Waals surface area (Å²) in [5.74, 6) is -0.548. The van der Waals surface area contributed by atoms with Crippen LogP contribution < -0.4 is 11.1 Å². The van der Waals surface area contributed by atoms with Crippen molar-refractivity contribution in [3.63, 3.8) is 0 Å². The third kappa shape index (κ3) is 3.53. The molecule has 0 radical (unpaired) electrons. The Bertz CT molecular complexity index is 461. The molecule has 104 valence electrons. The first kappa shape index (κ1) is 14.0. The number of hydrogen-bond acceptors (Lipinski definition) is 2. The van der Waals surface area contributed by atoms with Gasteiger partial charge in [-0.05, 0) is 43.0 Å². The molecule has 1 aromatic rings. The molecule has 1 aliphatic carbocycles. The Labute approximate surface area is 113 Å². The molecule has 1 aromatic carbocycles. The summed E-state index contributed by atoms with van der Waals surface area (Å²) in [6.45, 7) is 2.54. The molecule has 4 heteroatoms. The summed E-state index contributed by atoms with van der Waals surface area (Å²) < 4.78 is 13.2. The Hall–Kier alpha value is -1.42. The van der Waals surface area contributed by atoms with E-state index >= 15 is 0 Å². The Morgan fingerprint density at radius 3 is 2.89 bits per heavy atom. The average molecular weight is 264 g/mol. The molecule has 0 saturated heterocycles. The summed E-state index contributed by atoms with van der Waals surface area (Å²) in [7, 11) is 0. The van der Waals surface area contributed by atoms with Gasteiger partial charge in [-0.3, -0.25) is 4.79 Å². The highest BCUT2D eigenvalue weighted by molar-refractivity contribution is 5.77. The van der Waals surface area contributed by atoms with Crippen LogP contribution in [-0.4, -0.2) is 11.9 Å². The maximum Gasteiger partial charge on any atom is 0.222 e. The summed E-state index contributed by atoms with van der Waals surface area (Å²) in [4.78, 5) is 11.4. The number of aryl methyl sites for hydroxylation is 1. The van der Waals surface area contributed by atoms with Gasteiger partial charge in [0.15, 0.2) is 0 Å². The summed E-state index contributed by atoms with van der Waals surface area (Å²) in [5.41, 5.74) is 7.44. The second-order valence-electron chi connectivity index (χ2n) is 5.35. The second kappa shape index (κ2) is 6.15. The number of nitrogens with two attached hydrogens (primary N) is 1. The smallest absolute Gasteiger partial charge is 0.222 e. The molecule has 1 saturated carbocycles. The molecule has 3 nitrogen and oxygen atoms in total. The predicted octanol–water partition coefficient (Wildman–Crippen LogP) is 2.27. The van der Waals surface area contributed by atoms with Crippen LogP contribution in [0.1, 0.15) is 36.8 Å². The fraction of sp³-hybridized carbons (Fsp3) is 0.533.